The second-order valence-electron chi connectivity index (χ2n) is 10.4. The van der Waals surface area contributed by atoms with Crippen molar-refractivity contribution in [3.63, 3.8) is 0 Å². The Morgan fingerprint density at radius 1 is 1.09 bits per heavy atom. The predicted octanol–water partition coefficient (Wildman–Crippen LogP) is 1.88. The van der Waals surface area contributed by atoms with Crippen molar-refractivity contribution >= 4 is 31.3 Å². The number of ether oxygens (including phenoxy) is 1. The Kier molecular flexibility index (Phi) is 10.1. The number of carbonyl (C=O) groups excluding carboxylic acids is 2. The molecule has 0 saturated carbocycles. The molecule has 0 aliphatic carbocycles. The molecule has 4 rings (SSSR count). The number of nitrogens with one attached hydrogen (secondary N) is 1. The van der Waals surface area contributed by atoms with Gasteiger partial charge in [-0.05, 0) is 25.0 Å². The first-order chi connectivity index (χ1) is 20.6. The fourth-order valence-electron chi connectivity index (χ4n) is 4.93. The van der Waals surface area contributed by atoms with E-state index in [0.717, 1.165) is 17.0 Å². The number of rotatable bonds is 9. The van der Waals surface area contributed by atoms with E-state index in [2.05, 4.69) is 15.3 Å². The van der Waals surface area contributed by atoms with Gasteiger partial charge in [-0.2, -0.15) is 13.2 Å². The van der Waals surface area contributed by atoms with Crippen LogP contribution in [0.5, 0.6) is 0 Å². The van der Waals surface area contributed by atoms with Crippen molar-refractivity contribution in [3.8, 4) is 11.4 Å². The van der Waals surface area contributed by atoms with Crippen LogP contribution in [0.2, 0.25) is 0 Å². The first kappa shape index (κ1) is 33.1. The standard InChI is InChI=1S/C26H32F3N6O8P/c1-43-18-5-7-35(15-18)21-14-20(30-22(32-21)16-3-2-4-17(13-16)26(27,28)29)23(36)31-19(6-12-44(40,41)42)24(37)33-8-10-34(11-9-33)25(38)39/h2-4,13-14,18-19H,5-12,15H2,1H3,(H,31,36)(H,38,39)(H2,40,41,42)/t18-,19-/m0/s1. The van der Waals surface area contributed by atoms with E-state index in [1.807, 2.05) is 0 Å². The number of aromatic nitrogens is 2. The Morgan fingerprint density at radius 2 is 1.77 bits per heavy atom. The lowest BCUT2D eigenvalue weighted by Gasteiger charge is -2.35. The van der Waals surface area contributed by atoms with Crippen molar-refractivity contribution in [2.45, 2.75) is 31.2 Å². The van der Waals surface area contributed by atoms with Crippen LogP contribution < -0.4 is 10.2 Å². The van der Waals surface area contributed by atoms with E-state index < -0.39 is 55.9 Å². The molecule has 2 atom stereocenters. The molecule has 14 nitrogen and oxygen atoms in total. The highest BCUT2D eigenvalue weighted by Crippen LogP contribution is 2.36. The summed E-state index contributed by atoms with van der Waals surface area (Å²) in [6.07, 6.45) is -6.47. The van der Waals surface area contributed by atoms with Gasteiger partial charge in [-0.3, -0.25) is 14.2 Å². The summed E-state index contributed by atoms with van der Waals surface area (Å²) in [4.78, 5) is 69.8. The van der Waals surface area contributed by atoms with Gasteiger partial charge in [-0.25, -0.2) is 14.8 Å². The molecule has 2 fully saturated rings. The molecular formula is C26H32F3N6O8P. The molecule has 0 spiro atoms. The molecule has 1 aromatic carbocycles. The third-order valence-electron chi connectivity index (χ3n) is 7.37. The largest absolute Gasteiger partial charge is 0.465 e. The van der Waals surface area contributed by atoms with Crippen LogP contribution in [0.1, 0.15) is 28.9 Å². The van der Waals surface area contributed by atoms with Crippen molar-refractivity contribution in [2.24, 2.45) is 0 Å². The van der Waals surface area contributed by atoms with Crippen LogP contribution in [-0.2, 0) is 20.3 Å². The van der Waals surface area contributed by atoms with E-state index >= 15 is 0 Å². The Balaban J connectivity index is 1.65. The zero-order valence-electron chi connectivity index (χ0n) is 23.6. The van der Waals surface area contributed by atoms with Gasteiger partial charge in [0.15, 0.2) is 5.82 Å². The summed E-state index contributed by atoms with van der Waals surface area (Å²) in [5.74, 6) is -1.54. The Bertz CT molecular complexity index is 1430. The van der Waals surface area contributed by atoms with Crippen LogP contribution in [0.3, 0.4) is 0 Å². The summed E-state index contributed by atoms with van der Waals surface area (Å²) in [6, 6.07) is 4.20. The molecule has 0 radical (unpaired) electrons. The molecule has 2 saturated heterocycles. The average Bonchev–Trinajstić information content (AvgIpc) is 3.47. The highest BCUT2D eigenvalue weighted by Gasteiger charge is 2.34. The average molecular weight is 645 g/mol. The SMILES string of the molecule is CO[C@H]1CCN(c2cc(C(=O)N[C@@H](CCP(=O)(O)O)C(=O)N3CCN(C(=O)O)CC3)nc(-c3cccc(C(F)(F)F)c3)n2)C1. The number of anilines is 1. The minimum atomic E-state index is -4.64. The Hall–Kier alpha value is -3.79. The second kappa shape index (κ2) is 13.5. The number of carbonyl (C=O) groups is 3. The number of hydrogen-bond acceptors (Lipinski definition) is 8. The first-order valence-corrected chi connectivity index (χ1v) is 15.4. The molecule has 2 aromatic rings. The third-order valence-corrected chi connectivity index (χ3v) is 8.21. The summed E-state index contributed by atoms with van der Waals surface area (Å²) in [5, 5.41) is 11.7. The normalized spacial score (nSPS) is 18.3. The van der Waals surface area contributed by atoms with Gasteiger partial charge >= 0.3 is 19.9 Å². The van der Waals surface area contributed by atoms with Gasteiger partial charge in [0.25, 0.3) is 5.91 Å². The molecule has 2 aliphatic heterocycles. The number of benzene rings is 1. The summed E-state index contributed by atoms with van der Waals surface area (Å²) in [5.41, 5.74) is -1.24. The topological polar surface area (TPSA) is 186 Å². The number of carboxylic acid groups (broad SMARTS) is 1. The molecule has 3 amide bonds. The Labute approximate surface area is 250 Å². The summed E-state index contributed by atoms with van der Waals surface area (Å²) in [7, 11) is -3.04. The molecule has 240 valence electrons. The fraction of sp³-hybridized carbons (Fsp3) is 0.500. The van der Waals surface area contributed by atoms with Gasteiger partial charge in [0.05, 0.1) is 17.8 Å². The van der Waals surface area contributed by atoms with Gasteiger partial charge in [-0.1, -0.05) is 12.1 Å². The lowest BCUT2D eigenvalue weighted by Crippen LogP contribution is -2.56. The number of nitrogens with zero attached hydrogens (tertiary/aromatic N) is 5. The minimum Gasteiger partial charge on any atom is -0.465 e. The van der Waals surface area contributed by atoms with Gasteiger partial charge in [0.2, 0.25) is 5.91 Å². The van der Waals surface area contributed by atoms with Crippen molar-refractivity contribution in [2.75, 3.05) is 57.4 Å². The monoisotopic (exact) mass is 644 g/mol. The molecule has 4 N–H and O–H groups in total. The molecule has 1 aromatic heterocycles. The highest BCUT2D eigenvalue weighted by molar-refractivity contribution is 7.51. The van der Waals surface area contributed by atoms with Crippen molar-refractivity contribution in [3.05, 3.63) is 41.6 Å². The van der Waals surface area contributed by atoms with Crippen LogP contribution in [0.15, 0.2) is 30.3 Å². The van der Waals surface area contributed by atoms with Gasteiger partial charge < -0.3 is 39.6 Å². The molecule has 0 bridgehead atoms. The zero-order chi connectivity index (χ0) is 32.2. The third kappa shape index (κ3) is 8.43. The highest BCUT2D eigenvalue weighted by atomic mass is 31.2. The summed E-state index contributed by atoms with van der Waals surface area (Å²) >= 11 is 0. The quantitative estimate of drug-likeness (QED) is 0.292. The maximum absolute atomic E-state index is 13.5. The molecule has 18 heteroatoms. The summed E-state index contributed by atoms with van der Waals surface area (Å²) in [6.45, 7) is 0.885. The predicted molar refractivity (Wildman–Crippen MR) is 149 cm³/mol. The number of hydrogen-bond donors (Lipinski definition) is 4. The van der Waals surface area contributed by atoms with Crippen LogP contribution >= 0.6 is 7.60 Å². The Morgan fingerprint density at radius 3 is 2.36 bits per heavy atom. The lowest BCUT2D eigenvalue weighted by atomic mass is 10.1. The molecule has 3 heterocycles. The maximum Gasteiger partial charge on any atom is 0.416 e. The van der Waals surface area contributed by atoms with E-state index in [1.165, 1.54) is 30.2 Å². The number of amides is 3. The second-order valence-corrected chi connectivity index (χ2v) is 12.2. The van der Waals surface area contributed by atoms with Gasteiger partial charge in [-0.15, -0.1) is 0 Å². The number of alkyl halides is 3. The van der Waals surface area contributed by atoms with Gasteiger partial charge in [0.1, 0.15) is 17.6 Å². The van der Waals surface area contributed by atoms with Crippen molar-refractivity contribution in [1.29, 1.82) is 0 Å². The number of methoxy groups -OCH3 is 1. The van der Waals surface area contributed by atoms with E-state index in [0.29, 0.717) is 19.5 Å². The van der Waals surface area contributed by atoms with Crippen LogP contribution in [0.4, 0.5) is 23.8 Å². The van der Waals surface area contributed by atoms with Crippen LogP contribution in [-0.4, -0.2) is 117 Å². The molecule has 44 heavy (non-hydrogen) atoms. The lowest BCUT2D eigenvalue weighted by molar-refractivity contribution is -0.137. The fourth-order valence-corrected chi connectivity index (χ4v) is 5.53. The molecule has 2 aliphatic rings. The van der Waals surface area contributed by atoms with Crippen LogP contribution in [0.25, 0.3) is 11.4 Å². The number of piperazine rings is 1. The first-order valence-electron chi connectivity index (χ1n) is 13.6. The maximum atomic E-state index is 13.5. The van der Waals surface area contributed by atoms with E-state index in [1.54, 1.807) is 4.90 Å². The van der Waals surface area contributed by atoms with Crippen molar-refractivity contribution in [1.82, 2.24) is 25.1 Å². The van der Waals surface area contributed by atoms with Crippen molar-refractivity contribution < 1.29 is 51.8 Å². The minimum absolute atomic E-state index is 0.000387. The molecule has 0 unspecified atom stereocenters. The van der Waals surface area contributed by atoms with Gasteiger partial charge in [0, 0.05) is 58.0 Å². The summed E-state index contributed by atoms with van der Waals surface area (Å²) < 4.78 is 57.3. The number of halogens is 3. The van der Waals surface area contributed by atoms with E-state index in [-0.39, 0.29) is 55.2 Å². The van der Waals surface area contributed by atoms with E-state index in [9.17, 15) is 47.0 Å². The molecular weight excluding hydrogens is 612 g/mol. The van der Waals surface area contributed by atoms with E-state index in [4.69, 9.17) is 4.74 Å². The smallest absolute Gasteiger partial charge is 0.416 e. The zero-order valence-corrected chi connectivity index (χ0v) is 24.5. The van der Waals surface area contributed by atoms with Crippen LogP contribution in [0, 0.1) is 0 Å².